The van der Waals surface area contributed by atoms with Crippen molar-refractivity contribution in [2.75, 3.05) is 0 Å². The number of rotatable bonds is 0. The molecule has 3 rings (SSSR count). The van der Waals surface area contributed by atoms with E-state index in [4.69, 9.17) is 0 Å². The van der Waals surface area contributed by atoms with Gasteiger partial charge in [-0.05, 0) is 62.2 Å². The Hall–Kier alpha value is -0.0400. The summed E-state index contributed by atoms with van der Waals surface area (Å²) in [4.78, 5) is 0. The number of hydrogen-bond acceptors (Lipinski definition) is 1. The highest BCUT2D eigenvalue weighted by atomic mass is 16.3. The molecule has 1 N–H and O–H groups in total. The fourth-order valence-corrected chi connectivity index (χ4v) is 6.05. The number of hydrogen-bond donors (Lipinski definition) is 1. The van der Waals surface area contributed by atoms with Gasteiger partial charge in [0.1, 0.15) is 0 Å². The minimum Gasteiger partial charge on any atom is -0.390 e. The van der Waals surface area contributed by atoms with E-state index in [9.17, 15) is 5.11 Å². The van der Waals surface area contributed by atoms with Gasteiger partial charge >= 0.3 is 0 Å². The van der Waals surface area contributed by atoms with Crippen molar-refractivity contribution in [2.24, 2.45) is 28.6 Å². The zero-order valence-corrected chi connectivity index (χ0v) is 11.2. The highest BCUT2D eigenvalue weighted by molar-refractivity contribution is 5.20. The van der Waals surface area contributed by atoms with Crippen LogP contribution in [0.25, 0.3) is 0 Å². The summed E-state index contributed by atoms with van der Waals surface area (Å²) >= 11 is 0. The predicted molar refractivity (Wildman–Crippen MR) is 66.1 cm³/mol. The molecule has 0 aromatic carbocycles. The average molecular weight is 222 g/mol. The first-order valence-corrected chi connectivity index (χ1v) is 7.05. The minimum atomic E-state index is -0.418. The van der Waals surface area contributed by atoms with Crippen LogP contribution in [0.3, 0.4) is 0 Å². The van der Waals surface area contributed by atoms with Gasteiger partial charge in [-0.3, -0.25) is 0 Å². The molecule has 3 aliphatic carbocycles. The summed E-state index contributed by atoms with van der Waals surface area (Å²) in [6.45, 7) is 9.40. The Bertz CT molecular complexity index is 317. The van der Waals surface area contributed by atoms with Gasteiger partial charge in [-0.1, -0.05) is 20.8 Å². The van der Waals surface area contributed by atoms with Crippen molar-refractivity contribution >= 4 is 0 Å². The van der Waals surface area contributed by atoms with Gasteiger partial charge in [-0.15, -0.1) is 0 Å². The van der Waals surface area contributed by atoms with Gasteiger partial charge < -0.3 is 5.11 Å². The third-order valence-electron chi connectivity index (χ3n) is 6.96. The molecule has 16 heavy (non-hydrogen) atoms. The van der Waals surface area contributed by atoms with E-state index in [0.29, 0.717) is 5.41 Å². The molecular formula is C15H26O. The van der Waals surface area contributed by atoms with Crippen molar-refractivity contribution in [1.82, 2.24) is 0 Å². The molecule has 0 radical (unpaired) electrons. The van der Waals surface area contributed by atoms with Crippen molar-refractivity contribution in [3.05, 3.63) is 0 Å². The Balaban J connectivity index is 2.16. The monoisotopic (exact) mass is 222 g/mol. The Morgan fingerprint density at radius 2 is 1.75 bits per heavy atom. The molecular weight excluding hydrogens is 196 g/mol. The van der Waals surface area contributed by atoms with E-state index in [1.54, 1.807) is 0 Å². The van der Waals surface area contributed by atoms with E-state index in [-0.39, 0.29) is 5.41 Å². The fraction of sp³-hybridized carbons (Fsp3) is 1.00. The van der Waals surface area contributed by atoms with Crippen LogP contribution in [0.5, 0.6) is 0 Å². The normalized spacial score (nSPS) is 58.7. The van der Waals surface area contributed by atoms with Crippen molar-refractivity contribution in [2.45, 2.75) is 65.4 Å². The largest absolute Gasteiger partial charge is 0.390 e. The summed E-state index contributed by atoms with van der Waals surface area (Å²) in [5.74, 6) is 2.47. The SMILES string of the molecule is C[C@@H]1CC[C@@]23[C@@H]1C[C@H](CC[C@@]2(C)O)C3(C)C. The van der Waals surface area contributed by atoms with Gasteiger partial charge in [-0.25, -0.2) is 0 Å². The molecule has 3 saturated carbocycles. The zero-order valence-electron chi connectivity index (χ0n) is 11.2. The molecule has 1 nitrogen and oxygen atoms in total. The Morgan fingerprint density at radius 1 is 1.06 bits per heavy atom. The molecule has 5 atom stereocenters. The summed E-state index contributed by atoms with van der Waals surface area (Å²) in [5, 5.41) is 11.0. The van der Waals surface area contributed by atoms with Gasteiger partial charge in [0.05, 0.1) is 5.60 Å². The van der Waals surface area contributed by atoms with E-state index in [0.717, 1.165) is 24.2 Å². The molecule has 0 aliphatic heterocycles. The van der Waals surface area contributed by atoms with Crippen LogP contribution >= 0.6 is 0 Å². The lowest BCUT2D eigenvalue weighted by molar-refractivity contribution is -0.170. The van der Waals surface area contributed by atoms with Gasteiger partial charge in [-0.2, -0.15) is 0 Å². The van der Waals surface area contributed by atoms with Crippen LogP contribution in [0.4, 0.5) is 0 Å². The van der Waals surface area contributed by atoms with Crippen LogP contribution < -0.4 is 0 Å². The van der Waals surface area contributed by atoms with E-state index in [2.05, 4.69) is 27.7 Å². The zero-order chi connectivity index (χ0) is 11.8. The first-order valence-electron chi connectivity index (χ1n) is 7.05. The van der Waals surface area contributed by atoms with Crippen molar-refractivity contribution in [3.8, 4) is 0 Å². The molecule has 0 heterocycles. The summed E-state index contributed by atoms with van der Waals surface area (Å²) < 4.78 is 0. The first-order chi connectivity index (χ1) is 7.33. The standard InChI is InChI=1S/C15H26O/c1-10-5-8-15-12(10)9-11(13(15,2)3)6-7-14(15,4)16/h10-12,16H,5-9H2,1-4H3/t10-,11+,12-,14-,15+/m1/s1. The summed E-state index contributed by atoms with van der Waals surface area (Å²) in [5.41, 5.74) is 0.158. The first kappa shape index (κ1) is 11.1. The van der Waals surface area contributed by atoms with E-state index < -0.39 is 5.60 Å². The maximum Gasteiger partial charge on any atom is 0.0683 e. The van der Waals surface area contributed by atoms with E-state index in [1.165, 1.54) is 25.7 Å². The van der Waals surface area contributed by atoms with Gasteiger partial charge in [0.25, 0.3) is 0 Å². The van der Waals surface area contributed by atoms with Crippen LogP contribution in [0.2, 0.25) is 0 Å². The molecule has 0 aromatic heterocycles. The lowest BCUT2D eigenvalue weighted by atomic mass is 9.50. The number of fused-ring (bicyclic) bond motifs is 1. The van der Waals surface area contributed by atoms with Crippen molar-refractivity contribution in [3.63, 3.8) is 0 Å². The lowest BCUT2D eigenvalue weighted by Crippen LogP contribution is -2.57. The molecule has 3 fully saturated rings. The smallest absolute Gasteiger partial charge is 0.0683 e. The molecule has 2 bridgehead atoms. The quantitative estimate of drug-likeness (QED) is 0.664. The van der Waals surface area contributed by atoms with Crippen LogP contribution in [-0.2, 0) is 0 Å². The maximum absolute atomic E-state index is 11.0. The van der Waals surface area contributed by atoms with E-state index in [1.807, 2.05) is 0 Å². The highest BCUT2D eigenvalue weighted by Crippen LogP contribution is 2.75. The molecule has 0 unspecified atom stereocenters. The molecule has 0 aromatic rings. The third kappa shape index (κ3) is 0.939. The predicted octanol–water partition coefficient (Wildman–Crippen LogP) is 3.61. The highest BCUT2D eigenvalue weighted by Gasteiger charge is 2.71. The van der Waals surface area contributed by atoms with Gasteiger partial charge in [0.15, 0.2) is 0 Å². The third-order valence-corrected chi connectivity index (χ3v) is 6.96. The van der Waals surface area contributed by atoms with Gasteiger partial charge in [0, 0.05) is 5.41 Å². The average Bonchev–Trinajstić information content (AvgIpc) is 2.56. The Morgan fingerprint density at radius 3 is 2.44 bits per heavy atom. The Labute approximate surface area is 99.6 Å². The lowest BCUT2D eigenvalue weighted by Gasteiger charge is -2.57. The molecule has 1 heteroatoms. The van der Waals surface area contributed by atoms with Crippen molar-refractivity contribution in [1.29, 1.82) is 0 Å². The fourth-order valence-electron chi connectivity index (χ4n) is 6.05. The molecule has 92 valence electrons. The molecule has 1 spiro atoms. The summed E-state index contributed by atoms with van der Waals surface area (Å²) in [7, 11) is 0. The number of aliphatic hydroxyl groups is 1. The summed E-state index contributed by atoms with van der Waals surface area (Å²) in [6, 6.07) is 0. The van der Waals surface area contributed by atoms with Gasteiger partial charge in [0.2, 0.25) is 0 Å². The second-order valence-electron chi connectivity index (χ2n) is 7.56. The van der Waals surface area contributed by atoms with Crippen LogP contribution in [0.1, 0.15) is 59.8 Å². The second-order valence-corrected chi connectivity index (χ2v) is 7.56. The maximum atomic E-state index is 11.0. The topological polar surface area (TPSA) is 20.2 Å². The van der Waals surface area contributed by atoms with Crippen LogP contribution in [0, 0.1) is 28.6 Å². The molecule has 0 amide bonds. The van der Waals surface area contributed by atoms with E-state index >= 15 is 0 Å². The van der Waals surface area contributed by atoms with Crippen LogP contribution in [-0.4, -0.2) is 10.7 Å². The summed E-state index contributed by atoms with van der Waals surface area (Å²) in [6.07, 6.45) is 6.24. The van der Waals surface area contributed by atoms with Crippen LogP contribution in [0.15, 0.2) is 0 Å². The molecule has 3 aliphatic rings. The second kappa shape index (κ2) is 2.85. The molecule has 0 saturated heterocycles. The minimum absolute atomic E-state index is 0.225. The van der Waals surface area contributed by atoms with Crippen molar-refractivity contribution < 1.29 is 5.11 Å². The Kier molecular flexibility index (Phi) is 1.98.